The van der Waals surface area contributed by atoms with Crippen molar-refractivity contribution in [3.05, 3.63) is 52.2 Å². The van der Waals surface area contributed by atoms with Gasteiger partial charge in [0, 0.05) is 23.9 Å². The van der Waals surface area contributed by atoms with E-state index in [2.05, 4.69) is 5.32 Å². The highest BCUT2D eigenvalue weighted by Gasteiger charge is 2.53. The highest BCUT2D eigenvalue weighted by molar-refractivity contribution is 7.09. The lowest BCUT2D eigenvalue weighted by Gasteiger charge is -2.29. The Morgan fingerprint density at radius 3 is 3.00 bits per heavy atom. The van der Waals surface area contributed by atoms with E-state index < -0.39 is 5.41 Å². The van der Waals surface area contributed by atoms with E-state index in [1.54, 1.807) is 18.4 Å². The molecule has 2 saturated heterocycles. The standard InChI is InChI=1S/C20H22N2O3S/c1-25-16-5-2-4-14(10-16)20(11-15-7-8-18(23)22(15)13-20)19(24)21-12-17-6-3-9-26-17/h2-6,9-10,15H,7-8,11-13H2,1H3,(H,21,24)/t15-,20-/m0/s1. The number of amides is 2. The number of fused-ring (bicyclic) bond motifs is 1. The number of nitrogens with zero attached hydrogens (tertiary/aromatic N) is 1. The van der Waals surface area contributed by atoms with Crippen molar-refractivity contribution in [3.8, 4) is 5.75 Å². The summed E-state index contributed by atoms with van der Waals surface area (Å²) in [5.41, 5.74) is 0.203. The van der Waals surface area contributed by atoms with E-state index in [0.717, 1.165) is 22.6 Å². The normalized spacial score (nSPS) is 24.6. The summed E-state index contributed by atoms with van der Waals surface area (Å²) in [5.74, 6) is 0.874. The number of carbonyl (C=O) groups excluding carboxylic acids is 2. The Labute approximate surface area is 157 Å². The van der Waals surface area contributed by atoms with Crippen molar-refractivity contribution in [1.82, 2.24) is 10.2 Å². The monoisotopic (exact) mass is 370 g/mol. The number of hydrogen-bond acceptors (Lipinski definition) is 4. The van der Waals surface area contributed by atoms with Crippen LogP contribution in [-0.2, 0) is 21.5 Å². The highest BCUT2D eigenvalue weighted by atomic mass is 32.1. The number of rotatable bonds is 5. The molecule has 0 radical (unpaired) electrons. The highest BCUT2D eigenvalue weighted by Crippen LogP contribution is 2.43. The van der Waals surface area contributed by atoms with Gasteiger partial charge in [-0.15, -0.1) is 11.3 Å². The lowest BCUT2D eigenvalue weighted by atomic mass is 9.76. The van der Waals surface area contributed by atoms with Crippen LogP contribution in [0.3, 0.4) is 0 Å². The SMILES string of the molecule is COc1cccc([C@]2(C(=O)NCc3cccs3)C[C@@H]3CCC(=O)N3C2)c1. The maximum Gasteiger partial charge on any atom is 0.232 e. The summed E-state index contributed by atoms with van der Waals surface area (Å²) >= 11 is 1.63. The number of nitrogens with one attached hydrogen (secondary N) is 1. The summed E-state index contributed by atoms with van der Waals surface area (Å²) < 4.78 is 5.36. The first-order chi connectivity index (χ1) is 12.6. The fourth-order valence-corrected chi connectivity index (χ4v) is 4.80. The van der Waals surface area contributed by atoms with Gasteiger partial charge >= 0.3 is 0 Å². The third-order valence-corrected chi connectivity index (χ3v) is 6.41. The van der Waals surface area contributed by atoms with Gasteiger partial charge < -0.3 is 15.0 Å². The van der Waals surface area contributed by atoms with Gasteiger partial charge in [-0.05, 0) is 42.0 Å². The van der Waals surface area contributed by atoms with Gasteiger partial charge in [-0.1, -0.05) is 18.2 Å². The number of carbonyl (C=O) groups is 2. The summed E-state index contributed by atoms with van der Waals surface area (Å²) in [6.07, 6.45) is 2.10. The van der Waals surface area contributed by atoms with Gasteiger partial charge in [0.25, 0.3) is 0 Å². The van der Waals surface area contributed by atoms with Crippen molar-refractivity contribution in [2.45, 2.75) is 37.3 Å². The number of benzene rings is 1. The van der Waals surface area contributed by atoms with Gasteiger partial charge in [-0.25, -0.2) is 0 Å². The van der Waals surface area contributed by atoms with Crippen LogP contribution in [0, 0.1) is 0 Å². The van der Waals surface area contributed by atoms with E-state index >= 15 is 0 Å². The van der Waals surface area contributed by atoms with Crippen molar-refractivity contribution in [3.63, 3.8) is 0 Å². The van der Waals surface area contributed by atoms with Crippen molar-refractivity contribution in [1.29, 1.82) is 0 Å². The Hall–Kier alpha value is -2.34. The zero-order valence-electron chi connectivity index (χ0n) is 14.7. The lowest BCUT2D eigenvalue weighted by Crippen LogP contribution is -2.46. The summed E-state index contributed by atoms with van der Waals surface area (Å²) in [6, 6.07) is 11.8. The third kappa shape index (κ3) is 2.88. The Bertz CT molecular complexity index is 820. The molecule has 0 saturated carbocycles. The van der Waals surface area contributed by atoms with Crippen LogP contribution in [0.2, 0.25) is 0 Å². The molecular weight excluding hydrogens is 348 g/mol. The zero-order chi connectivity index (χ0) is 18.1. The third-order valence-electron chi connectivity index (χ3n) is 5.54. The molecule has 5 nitrogen and oxygen atoms in total. The van der Waals surface area contributed by atoms with Gasteiger partial charge in [0.1, 0.15) is 5.75 Å². The smallest absolute Gasteiger partial charge is 0.232 e. The van der Waals surface area contributed by atoms with Crippen LogP contribution in [0.5, 0.6) is 5.75 Å². The van der Waals surface area contributed by atoms with Crippen molar-refractivity contribution >= 4 is 23.2 Å². The molecular formula is C20H22N2O3S. The van der Waals surface area contributed by atoms with Crippen molar-refractivity contribution < 1.29 is 14.3 Å². The Balaban J connectivity index is 1.65. The Morgan fingerprint density at radius 2 is 2.27 bits per heavy atom. The number of thiophene rings is 1. The second-order valence-corrected chi connectivity index (χ2v) is 8.03. The van der Waals surface area contributed by atoms with Crippen LogP contribution in [0.15, 0.2) is 41.8 Å². The molecule has 2 fully saturated rings. The van der Waals surface area contributed by atoms with E-state index in [1.807, 2.05) is 46.7 Å². The predicted molar refractivity (Wildman–Crippen MR) is 100 cm³/mol. The first kappa shape index (κ1) is 17.1. The average Bonchev–Trinajstić information content (AvgIpc) is 3.38. The largest absolute Gasteiger partial charge is 0.497 e. The molecule has 3 heterocycles. The molecule has 2 aliphatic heterocycles. The summed E-state index contributed by atoms with van der Waals surface area (Å²) in [6.45, 7) is 0.959. The van der Waals surface area contributed by atoms with Crippen LogP contribution < -0.4 is 10.1 Å². The first-order valence-corrected chi connectivity index (χ1v) is 9.75. The minimum Gasteiger partial charge on any atom is -0.497 e. The van der Waals surface area contributed by atoms with Crippen LogP contribution in [-0.4, -0.2) is 36.4 Å². The second-order valence-electron chi connectivity index (χ2n) is 6.99. The van der Waals surface area contributed by atoms with Gasteiger partial charge in [-0.2, -0.15) is 0 Å². The molecule has 4 rings (SSSR count). The number of ether oxygens (including phenoxy) is 1. The molecule has 6 heteroatoms. The van der Waals surface area contributed by atoms with Gasteiger partial charge in [0.15, 0.2) is 0 Å². The molecule has 2 aromatic rings. The molecule has 2 atom stereocenters. The molecule has 0 aliphatic carbocycles. The second kappa shape index (κ2) is 6.76. The molecule has 0 spiro atoms. The van der Waals surface area contributed by atoms with Crippen molar-refractivity contribution in [2.75, 3.05) is 13.7 Å². The molecule has 2 aliphatic rings. The van der Waals surface area contributed by atoms with Crippen LogP contribution in [0.1, 0.15) is 29.7 Å². The molecule has 0 unspecified atom stereocenters. The summed E-state index contributed by atoms with van der Waals surface area (Å²) in [5, 5.41) is 5.10. The lowest BCUT2D eigenvalue weighted by molar-refractivity contribution is -0.129. The fraction of sp³-hybridized carbons (Fsp3) is 0.400. The number of methoxy groups -OCH3 is 1. The minimum absolute atomic E-state index is 0.0126. The fourth-order valence-electron chi connectivity index (χ4n) is 4.16. The number of hydrogen-bond donors (Lipinski definition) is 1. The predicted octanol–water partition coefficient (Wildman–Crippen LogP) is 2.71. The molecule has 1 aromatic carbocycles. The zero-order valence-corrected chi connectivity index (χ0v) is 15.6. The van der Waals surface area contributed by atoms with Crippen LogP contribution in [0.4, 0.5) is 0 Å². The van der Waals surface area contributed by atoms with Gasteiger partial charge in [0.05, 0.1) is 19.1 Å². The van der Waals surface area contributed by atoms with E-state index in [-0.39, 0.29) is 17.9 Å². The molecule has 0 bridgehead atoms. The maximum atomic E-state index is 13.3. The Morgan fingerprint density at radius 1 is 1.38 bits per heavy atom. The first-order valence-electron chi connectivity index (χ1n) is 8.87. The van der Waals surface area contributed by atoms with Gasteiger partial charge in [0.2, 0.25) is 11.8 Å². The molecule has 1 N–H and O–H groups in total. The van der Waals surface area contributed by atoms with Crippen LogP contribution >= 0.6 is 11.3 Å². The van der Waals surface area contributed by atoms with E-state index in [1.165, 1.54) is 0 Å². The average molecular weight is 370 g/mol. The molecule has 136 valence electrons. The van der Waals surface area contributed by atoms with E-state index in [0.29, 0.717) is 25.9 Å². The topological polar surface area (TPSA) is 58.6 Å². The van der Waals surface area contributed by atoms with Crippen LogP contribution in [0.25, 0.3) is 0 Å². The Kier molecular flexibility index (Phi) is 4.44. The molecule has 2 amide bonds. The van der Waals surface area contributed by atoms with Crippen molar-refractivity contribution in [2.24, 2.45) is 0 Å². The summed E-state index contributed by atoms with van der Waals surface area (Å²) in [4.78, 5) is 28.6. The van der Waals surface area contributed by atoms with Gasteiger partial charge in [-0.3, -0.25) is 9.59 Å². The summed E-state index contributed by atoms with van der Waals surface area (Å²) in [7, 11) is 1.62. The molecule has 26 heavy (non-hydrogen) atoms. The minimum atomic E-state index is -0.716. The quantitative estimate of drug-likeness (QED) is 0.880. The van der Waals surface area contributed by atoms with E-state index in [9.17, 15) is 9.59 Å². The molecule has 1 aromatic heterocycles. The van der Waals surface area contributed by atoms with E-state index in [4.69, 9.17) is 4.74 Å². The maximum absolute atomic E-state index is 13.3.